The highest BCUT2D eigenvalue weighted by atomic mass is 35.5. The zero-order chi connectivity index (χ0) is 17.0. The second kappa shape index (κ2) is 7.08. The van der Waals surface area contributed by atoms with Crippen molar-refractivity contribution in [2.24, 2.45) is 0 Å². The molecule has 5 nitrogen and oxygen atoms in total. The van der Waals surface area contributed by atoms with Crippen molar-refractivity contribution in [3.8, 4) is 0 Å². The van der Waals surface area contributed by atoms with Crippen LogP contribution in [0.25, 0.3) is 0 Å². The minimum absolute atomic E-state index is 0.0701. The number of aryl methyl sites for hydroxylation is 1. The summed E-state index contributed by atoms with van der Waals surface area (Å²) in [4.78, 5) is 11.8. The van der Waals surface area contributed by atoms with Crippen molar-refractivity contribution in [3.05, 3.63) is 58.9 Å². The van der Waals surface area contributed by atoms with Gasteiger partial charge >= 0.3 is 0 Å². The van der Waals surface area contributed by atoms with Gasteiger partial charge in [-0.25, -0.2) is 17.5 Å². The molecule has 122 valence electrons. The van der Waals surface area contributed by atoms with E-state index in [2.05, 4.69) is 10.0 Å². The summed E-state index contributed by atoms with van der Waals surface area (Å²) in [6.45, 7) is 1.39. The van der Waals surface area contributed by atoms with E-state index in [9.17, 15) is 17.6 Å². The van der Waals surface area contributed by atoms with Crippen LogP contribution in [-0.2, 0) is 14.8 Å². The molecule has 2 rings (SSSR count). The molecule has 0 spiro atoms. The first-order valence-electron chi connectivity index (χ1n) is 6.59. The second-order valence-corrected chi connectivity index (χ2v) is 6.99. The number of anilines is 1. The summed E-state index contributed by atoms with van der Waals surface area (Å²) in [5, 5.41) is 2.29. The lowest BCUT2D eigenvalue weighted by Gasteiger charge is -2.08. The topological polar surface area (TPSA) is 75.3 Å². The molecule has 0 atom stereocenters. The van der Waals surface area contributed by atoms with Crippen LogP contribution < -0.4 is 10.0 Å². The molecule has 0 unspecified atom stereocenters. The van der Waals surface area contributed by atoms with Crippen LogP contribution in [0.4, 0.5) is 10.1 Å². The van der Waals surface area contributed by atoms with Crippen LogP contribution in [0.15, 0.2) is 47.4 Å². The van der Waals surface area contributed by atoms with Gasteiger partial charge in [-0.15, -0.1) is 0 Å². The fraction of sp³-hybridized carbons (Fsp3) is 0.133. The quantitative estimate of drug-likeness (QED) is 0.864. The first-order valence-corrected chi connectivity index (χ1v) is 8.45. The molecule has 0 aliphatic rings. The number of rotatable bonds is 5. The minimum atomic E-state index is -3.78. The van der Waals surface area contributed by atoms with E-state index < -0.39 is 28.3 Å². The molecule has 2 aromatic carbocycles. The Kier molecular flexibility index (Phi) is 5.35. The smallest absolute Gasteiger partial charge is 0.241 e. The number of benzene rings is 2. The van der Waals surface area contributed by atoms with E-state index in [1.165, 1.54) is 24.3 Å². The second-order valence-electron chi connectivity index (χ2n) is 4.81. The highest BCUT2D eigenvalue weighted by Crippen LogP contribution is 2.19. The van der Waals surface area contributed by atoms with Crippen LogP contribution >= 0.6 is 11.6 Å². The minimum Gasteiger partial charge on any atom is -0.325 e. The van der Waals surface area contributed by atoms with Crippen LogP contribution in [0.1, 0.15) is 5.56 Å². The molecular weight excluding hydrogens is 343 g/mol. The molecule has 2 aromatic rings. The van der Waals surface area contributed by atoms with Crippen LogP contribution in [0.5, 0.6) is 0 Å². The van der Waals surface area contributed by atoms with Crippen molar-refractivity contribution in [2.75, 3.05) is 11.9 Å². The summed E-state index contributed by atoms with van der Waals surface area (Å²) in [5.41, 5.74) is 1.20. The fourth-order valence-electron chi connectivity index (χ4n) is 1.74. The number of halogens is 2. The van der Waals surface area contributed by atoms with E-state index in [0.717, 1.165) is 11.6 Å². The monoisotopic (exact) mass is 356 g/mol. The number of carbonyl (C=O) groups excluding carboxylic acids is 1. The first kappa shape index (κ1) is 17.4. The average molecular weight is 357 g/mol. The lowest BCUT2D eigenvalue weighted by atomic mass is 10.2. The summed E-state index contributed by atoms with van der Waals surface area (Å²) in [6, 6.07) is 9.90. The Labute approximate surface area is 138 Å². The van der Waals surface area contributed by atoms with Gasteiger partial charge < -0.3 is 5.32 Å². The van der Waals surface area contributed by atoms with Crippen LogP contribution in [-0.4, -0.2) is 20.9 Å². The molecule has 2 N–H and O–H groups in total. The van der Waals surface area contributed by atoms with Crippen LogP contribution in [0, 0.1) is 12.7 Å². The van der Waals surface area contributed by atoms with Gasteiger partial charge in [-0.3, -0.25) is 4.79 Å². The number of sulfonamides is 1. The number of hydrogen-bond acceptors (Lipinski definition) is 3. The molecule has 0 aliphatic heterocycles. The van der Waals surface area contributed by atoms with Crippen LogP contribution in [0.2, 0.25) is 5.02 Å². The van der Waals surface area contributed by atoms with Gasteiger partial charge in [-0.2, -0.15) is 0 Å². The molecule has 0 aromatic heterocycles. The van der Waals surface area contributed by atoms with Crippen molar-refractivity contribution in [2.45, 2.75) is 11.8 Å². The molecule has 0 radical (unpaired) electrons. The van der Waals surface area contributed by atoms with Gasteiger partial charge in [0, 0.05) is 5.69 Å². The Balaban J connectivity index is 1.98. The zero-order valence-corrected chi connectivity index (χ0v) is 13.7. The van der Waals surface area contributed by atoms with E-state index in [1.54, 1.807) is 12.1 Å². The van der Waals surface area contributed by atoms with E-state index in [-0.39, 0.29) is 15.6 Å². The maximum absolute atomic E-state index is 13.0. The van der Waals surface area contributed by atoms with Crippen LogP contribution in [0.3, 0.4) is 0 Å². The predicted octanol–water partition coefficient (Wildman–Crippen LogP) is 2.70. The van der Waals surface area contributed by atoms with E-state index in [1.807, 2.05) is 6.92 Å². The van der Waals surface area contributed by atoms with E-state index in [4.69, 9.17) is 11.6 Å². The largest absolute Gasteiger partial charge is 0.325 e. The number of nitrogens with one attached hydrogen (secondary N) is 2. The Bertz CT molecular complexity index is 823. The summed E-state index contributed by atoms with van der Waals surface area (Å²) in [5.74, 6) is -1.20. The van der Waals surface area contributed by atoms with Crippen molar-refractivity contribution in [3.63, 3.8) is 0 Å². The summed E-state index contributed by atoms with van der Waals surface area (Å²) < 4.78 is 39.3. The standard InChI is InChI=1S/C15H14ClFN2O3S/c1-10-2-5-12(6-3-10)23(21,22)18-9-15(20)19-11-4-7-14(17)13(16)8-11/h2-8,18H,9H2,1H3,(H,19,20). The molecule has 0 saturated heterocycles. The van der Waals surface area contributed by atoms with Gasteiger partial charge in [0.15, 0.2) is 0 Å². The van der Waals surface area contributed by atoms with Crippen molar-refractivity contribution >= 4 is 33.2 Å². The molecule has 0 heterocycles. The number of amides is 1. The van der Waals surface area contributed by atoms with Gasteiger partial charge in [0.05, 0.1) is 16.5 Å². The molecule has 1 amide bonds. The van der Waals surface area contributed by atoms with Crippen molar-refractivity contribution < 1.29 is 17.6 Å². The summed E-state index contributed by atoms with van der Waals surface area (Å²) in [6.07, 6.45) is 0. The molecule has 0 bridgehead atoms. The number of hydrogen-bond donors (Lipinski definition) is 2. The molecule has 8 heteroatoms. The van der Waals surface area contributed by atoms with Crippen molar-refractivity contribution in [1.82, 2.24) is 4.72 Å². The Hall–Kier alpha value is -1.96. The third-order valence-corrected chi connectivity index (χ3v) is 4.66. The fourth-order valence-corrected chi connectivity index (χ4v) is 2.90. The third-order valence-electron chi connectivity index (χ3n) is 2.96. The maximum Gasteiger partial charge on any atom is 0.241 e. The molecule has 23 heavy (non-hydrogen) atoms. The highest BCUT2D eigenvalue weighted by molar-refractivity contribution is 7.89. The third kappa shape index (κ3) is 4.75. The highest BCUT2D eigenvalue weighted by Gasteiger charge is 2.15. The zero-order valence-electron chi connectivity index (χ0n) is 12.1. The summed E-state index contributed by atoms with van der Waals surface area (Å²) >= 11 is 5.60. The van der Waals surface area contributed by atoms with Gasteiger partial charge in [-0.05, 0) is 37.3 Å². The molecule has 0 fully saturated rings. The Morgan fingerprint density at radius 1 is 1.17 bits per heavy atom. The normalized spacial score (nSPS) is 11.3. The number of carbonyl (C=O) groups is 1. The Morgan fingerprint density at radius 3 is 2.43 bits per heavy atom. The lowest BCUT2D eigenvalue weighted by Crippen LogP contribution is -2.32. The Morgan fingerprint density at radius 2 is 1.83 bits per heavy atom. The SMILES string of the molecule is Cc1ccc(S(=O)(=O)NCC(=O)Nc2ccc(F)c(Cl)c2)cc1. The van der Waals surface area contributed by atoms with Gasteiger partial charge in [-0.1, -0.05) is 29.3 Å². The lowest BCUT2D eigenvalue weighted by molar-refractivity contribution is -0.115. The van der Waals surface area contributed by atoms with Gasteiger partial charge in [0.25, 0.3) is 0 Å². The van der Waals surface area contributed by atoms with Crippen molar-refractivity contribution in [1.29, 1.82) is 0 Å². The molecule has 0 aliphatic carbocycles. The molecular formula is C15H14ClFN2O3S. The predicted molar refractivity (Wildman–Crippen MR) is 86.4 cm³/mol. The average Bonchev–Trinajstić information content (AvgIpc) is 2.50. The maximum atomic E-state index is 13.0. The first-order chi connectivity index (χ1) is 10.8. The van der Waals surface area contributed by atoms with E-state index >= 15 is 0 Å². The van der Waals surface area contributed by atoms with E-state index in [0.29, 0.717) is 0 Å². The van der Waals surface area contributed by atoms with Gasteiger partial charge in [0.1, 0.15) is 5.82 Å². The molecule has 0 saturated carbocycles. The van der Waals surface area contributed by atoms with Gasteiger partial charge in [0.2, 0.25) is 15.9 Å². The summed E-state index contributed by atoms with van der Waals surface area (Å²) in [7, 11) is -3.78.